The summed E-state index contributed by atoms with van der Waals surface area (Å²) in [7, 11) is 0. The molecule has 0 radical (unpaired) electrons. The molecule has 3 nitrogen and oxygen atoms in total. The molecule has 1 aromatic carbocycles. The van der Waals surface area contributed by atoms with E-state index in [9.17, 15) is 13.9 Å². The van der Waals surface area contributed by atoms with Crippen LogP contribution in [-0.4, -0.2) is 30.9 Å². The lowest BCUT2D eigenvalue weighted by Gasteiger charge is -2.16. The van der Waals surface area contributed by atoms with Crippen LogP contribution in [0.5, 0.6) is 0 Å². The molecule has 0 fully saturated rings. The highest BCUT2D eigenvalue weighted by Crippen LogP contribution is 2.15. The molecule has 1 rings (SSSR count). The molecule has 0 aliphatic heterocycles. The van der Waals surface area contributed by atoms with Gasteiger partial charge in [-0.1, -0.05) is 23.7 Å². The fourth-order valence-electron chi connectivity index (χ4n) is 1.45. The maximum absolute atomic E-state index is 11.9. The Morgan fingerprint density at radius 1 is 1.28 bits per heavy atom. The molecule has 0 aliphatic carbocycles. The zero-order chi connectivity index (χ0) is 13.5. The number of alkyl halides is 2. The smallest absolute Gasteiger partial charge is 0.345 e. The fraction of sp³-hybridized carbons (Fsp3) is 0.500. The highest BCUT2D eigenvalue weighted by molar-refractivity contribution is 6.30. The maximum Gasteiger partial charge on any atom is 0.345 e. The van der Waals surface area contributed by atoms with E-state index in [1.165, 1.54) is 6.92 Å². The van der Waals surface area contributed by atoms with Gasteiger partial charge in [-0.05, 0) is 24.6 Å². The van der Waals surface area contributed by atoms with Crippen molar-refractivity contribution in [1.82, 2.24) is 5.32 Å². The van der Waals surface area contributed by atoms with E-state index in [-0.39, 0.29) is 13.1 Å². The molecule has 102 valence electrons. The molecule has 1 aromatic rings. The quantitative estimate of drug-likeness (QED) is 0.806. The van der Waals surface area contributed by atoms with E-state index in [2.05, 4.69) is 10.1 Å². The van der Waals surface area contributed by atoms with Gasteiger partial charge in [-0.3, -0.25) is 0 Å². The SMILES string of the molecule is CC(CNC[C@@H](O)c1ccc(Cl)cc1)OC(F)F. The van der Waals surface area contributed by atoms with Gasteiger partial charge in [0.1, 0.15) is 0 Å². The molecule has 1 unspecified atom stereocenters. The molecule has 0 saturated heterocycles. The molecular weight excluding hydrogens is 264 g/mol. The third kappa shape index (κ3) is 5.73. The summed E-state index contributed by atoms with van der Waals surface area (Å²) in [5.41, 5.74) is 0.717. The van der Waals surface area contributed by atoms with Crippen molar-refractivity contribution < 1.29 is 18.6 Å². The lowest BCUT2D eigenvalue weighted by Crippen LogP contribution is -2.31. The number of benzene rings is 1. The van der Waals surface area contributed by atoms with Crippen molar-refractivity contribution in [2.75, 3.05) is 13.1 Å². The number of hydrogen-bond acceptors (Lipinski definition) is 3. The zero-order valence-corrected chi connectivity index (χ0v) is 10.7. The van der Waals surface area contributed by atoms with Crippen LogP contribution >= 0.6 is 11.6 Å². The van der Waals surface area contributed by atoms with Crippen molar-refractivity contribution >= 4 is 11.6 Å². The van der Waals surface area contributed by atoms with Crippen molar-refractivity contribution in [3.05, 3.63) is 34.9 Å². The second kappa shape index (κ2) is 7.63. The van der Waals surface area contributed by atoms with Gasteiger partial charge in [0.2, 0.25) is 0 Å². The Bertz CT molecular complexity index is 348. The van der Waals surface area contributed by atoms with Crippen molar-refractivity contribution in [2.45, 2.75) is 25.7 Å². The monoisotopic (exact) mass is 279 g/mol. The Hall–Kier alpha value is -0.750. The van der Waals surface area contributed by atoms with Gasteiger partial charge in [-0.25, -0.2) is 0 Å². The summed E-state index contributed by atoms with van der Waals surface area (Å²) in [6.07, 6.45) is -1.32. The lowest BCUT2D eigenvalue weighted by atomic mass is 10.1. The highest BCUT2D eigenvalue weighted by atomic mass is 35.5. The van der Waals surface area contributed by atoms with Crippen LogP contribution in [0.1, 0.15) is 18.6 Å². The first-order valence-corrected chi connectivity index (χ1v) is 5.94. The van der Waals surface area contributed by atoms with Gasteiger partial charge in [0, 0.05) is 18.1 Å². The molecule has 0 heterocycles. The van der Waals surface area contributed by atoms with Crippen LogP contribution in [0.2, 0.25) is 5.02 Å². The average molecular weight is 280 g/mol. The summed E-state index contributed by atoms with van der Waals surface area (Å²) in [6, 6.07) is 6.80. The molecule has 0 bridgehead atoms. The number of aliphatic hydroxyl groups is 1. The van der Waals surface area contributed by atoms with Crippen LogP contribution in [-0.2, 0) is 4.74 Å². The molecular formula is C12H16ClF2NO2. The minimum absolute atomic E-state index is 0.245. The van der Waals surface area contributed by atoms with Crippen molar-refractivity contribution in [2.24, 2.45) is 0 Å². The van der Waals surface area contributed by atoms with Crippen LogP contribution in [0.4, 0.5) is 8.78 Å². The number of aliphatic hydroxyl groups excluding tert-OH is 1. The predicted octanol–water partition coefficient (Wildman–Crippen LogP) is 2.59. The minimum atomic E-state index is -2.78. The molecule has 6 heteroatoms. The second-order valence-corrected chi connectivity index (χ2v) is 4.37. The van der Waals surface area contributed by atoms with Gasteiger partial charge >= 0.3 is 6.61 Å². The van der Waals surface area contributed by atoms with E-state index in [1.807, 2.05) is 0 Å². The van der Waals surface area contributed by atoms with Gasteiger partial charge in [0.25, 0.3) is 0 Å². The molecule has 18 heavy (non-hydrogen) atoms. The molecule has 0 aliphatic rings. The lowest BCUT2D eigenvalue weighted by molar-refractivity contribution is -0.156. The van der Waals surface area contributed by atoms with E-state index in [0.29, 0.717) is 10.6 Å². The second-order valence-electron chi connectivity index (χ2n) is 3.93. The van der Waals surface area contributed by atoms with Crippen LogP contribution in [0.25, 0.3) is 0 Å². The van der Waals surface area contributed by atoms with E-state index in [0.717, 1.165) is 0 Å². The predicted molar refractivity (Wildman–Crippen MR) is 65.8 cm³/mol. The van der Waals surface area contributed by atoms with E-state index in [4.69, 9.17) is 11.6 Å². The number of hydrogen-bond donors (Lipinski definition) is 2. The Morgan fingerprint density at radius 3 is 2.44 bits per heavy atom. The summed E-state index contributed by atoms with van der Waals surface area (Å²) in [5.74, 6) is 0. The Labute approximate surface area is 110 Å². The van der Waals surface area contributed by atoms with Crippen LogP contribution in [0.3, 0.4) is 0 Å². The number of ether oxygens (including phenoxy) is 1. The van der Waals surface area contributed by atoms with Crippen LogP contribution in [0.15, 0.2) is 24.3 Å². The Kier molecular flexibility index (Phi) is 6.49. The number of rotatable bonds is 7. The Morgan fingerprint density at radius 2 is 1.89 bits per heavy atom. The number of halogens is 3. The third-order valence-electron chi connectivity index (χ3n) is 2.36. The van der Waals surface area contributed by atoms with Crippen LogP contribution in [0, 0.1) is 0 Å². The normalized spacial score (nSPS) is 14.8. The largest absolute Gasteiger partial charge is 0.387 e. The van der Waals surface area contributed by atoms with E-state index in [1.54, 1.807) is 24.3 Å². The zero-order valence-electron chi connectivity index (χ0n) is 9.95. The van der Waals surface area contributed by atoms with Gasteiger partial charge in [0.15, 0.2) is 0 Å². The Balaban J connectivity index is 2.28. The van der Waals surface area contributed by atoms with Gasteiger partial charge in [-0.15, -0.1) is 0 Å². The van der Waals surface area contributed by atoms with Gasteiger partial charge in [0.05, 0.1) is 12.2 Å². The highest BCUT2D eigenvalue weighted by Gasteiger charge is 2.11. The average Bonchev–Trinajstić information content (AvgIpc) is 2.28. The molecule has 0 spiro atoms. The fourth-order valence-corrected chi connectivity index (χ4v) is 1.58. The first-order valence-electron chi connectivity index (χ1n) is 5.57. The molecule has 2 N–H and O–H groups in total. The standard InChI is InChI=1S/C12H16ClF2NO2/c1-8(18-12(14)15)6-16-7-11(17)9-2-4-10(13)5-3-9/h2-5,8,11-12,16-17H,6-7H2,1H3/t8?,11-/m1/s1. The summed E-state index contributed by atoms with van der Waals surface area (Å²) in [5, 5.41) is 13.3. The summed E-state index contributed by atoms with van der Waals surface area (Å²) >= 11 is 5.73. The summed E-state index contributed by atoms with van der Waals surface area (Å²) in [6.45, 7) is -0.732. The molecule has 2 atom stereocenters. The maximum atomic E-state index is 11.9. The van der Waals surface area contributed by atoms with Gasteiger partial charge in [-0.2, -0.15) is 8.78 Å². The van der Waals surface area contributed by atoms with Crippen LogP contribution < -0.4 is 5.32 Å². The third-order valence-corrected chi connectivity index (χ3v) is 2.61. The molecule has 0 aromatic heterocycles. The molecule has 0 saturated carbocycles. The first-order chi connectivity index (χ1) is 8.49. The van der Waals surface area contributed by atoms with Crippen molar-refractivity contribution in [3.8, 4) is 0 Å². The van der Waals surface area contributed by atoms with Crippen molar-refractivity contribution in [3.63, 3.8) is 0 Å². The summed E-state index contributed by atoms with van der Waals surface area (Å²) in [4.78, 5) is 0. The van der Waals surface area contributed by atoms with Gasteiger partial charge < -0.3 is 15.2 Å². The van der Waals surface area contributed by atoms with E-state index < -0.39 is 18.8 Å². The molecule has 0 amide bonds. The number of nitrogens with one attached hydrogen (secondary N) is 1. The van der Waals surface area contributed by atoms with E-state index >= 15 is 0 Å². The summed E-state index contributed by atoms with van der Waals surface area (Å²) < 4.78 is 28.0. The van der Waals surface area contributed by atoms with Crippen molar-refractivity contribution in [1.29, 1.82) is 0 Å². The topological polar surface area (TPSA) is 41.5 Å². The minimum Gasteiger partial charge on any atom is -0.387 e. The first kappa shape index (κ1) is 15.3.